The Morgan fingerprint density at radius 3 is 2.29 bits per heavy atom. The van der Waals surface area contributed by atoms with Gasteiger partial charge in [0.15, 0.2) is 12.1 Å². The number of esters is 2. The molecule has 0 spiro atoms. The van der Waals surface area contributed by atoms with Gasteiger partial charge in [0, 0.05) is 5.69 Å². The Balaban J connectivity index is 1.45. The molecule has 1 saturated heterocycles. The van der Waals surface area contributed by atoms with E-state index in [1.54, 1.807) is 0 Å². The lowest BCUT2D eigenvalue weighted by Gasteiger charge is -2.20. The van der Waals surface area contributed by atoms with Crippen LogP contribution in [0.2, 0.25) is 0 Å². The lowest BCUT2D eigenvalue weighted by Crippen LogP contribution is -2.43. The smallest absolute Gasteiger partial charge is 0.337 e. The number of carbonyl (C=O) groups is 5. The summed E-state index contributed by atoms with van der Waals surface area (Å²) in [6.07, 6.45) is 0. The fourth-order valence-electron chi connectivity index (χ4n) is 3.65. The molecule has 0 radical (unpaired) electrons. The molecule has 12 heteroatoms. The highest BCUT2D eigenvalue weighted by Gasteiger charge is 2.55. The number of amides is 3. The molecular formula is C22H19N5O7. The lowest BCUT2D eigenvalue weighted by molar-refractivity contribution is -0.123. The van der Waals surface area contributed by atoms with Crippen LogP contribution in [0.15, 0.2) is 58.9 Å². The molecule has 174 valence electrons. The van der Waals surface area contributed by atoms with Crippen LogP contribution < -0.4 is 10.2 Å². The summed E-state index contributed by atoms with van der Waals surface area (Å²) < 4.78 is 9.31. The van der Waals surface area contributed by atoms with Gasteiger partial charge in [-0.05, 0) is 42.5 Å². The molecule has 2 aliphatic heterocycles. The van der Waals surface area contributed by atoms with Crippen LogP contribution in [0, 0.1) is 0 Å². The second kappa shape index (κ2) is 9.10. The van der Waals surface area contributed by atoms with E-state index in [1.165, 1.54) is 62.8 Å². The maximum absolute atomic E-state index is 13.1. The molecule has 2 atom stereocenters. The largest absolute Gasteiger partial charge is 0.465 e. The molecule has 4 rings (SSSR count). The van der Waals surface area contributed by atoms with E-state index in [4.69, 9.17) is 0 Å². The summed E-state index contributed by atoms with van der Waals surface area (Å²) in [5.41, 5.74) is 1.11. The molecule has 0 bridgehead atoms. The van der Waals surface area contributed by atoms with Gasteiger partial charge in [0.05, 0.1) is 31.0 Å². The molecule has 1 fully saturated rings. The Labute approximate surface area is 193 Å². The topological polar surface area (TPSA) is 147 Å². The van der Waals surface area contributed by atoms with Crippen molar-refractivity contribution < 1.29 is 33.4 Å². The number of hydrogen-bond acceptors (Lipinski definition) is 10. The molecule has 0 aliphatic carbocycles. The second-order valence-electron chi connectivity index (χ2n) is 7.36. The average Bonchev–Trinajstić information content (AvgIpc) is 3.37. The van der Waals surface area contributed by atoms with Crippen molar-refractivity contribution in [3.8, 4) is 0 Å². The second-order valence-corrected chi connectivity index (χ2v) is 7.36. The summed E-state index contributed by atoms with van der Waals surface area (Å²) in [4.78, 5) is 62.7. The predicted octanol–water partition coefficient (Wildman–Crippen LogP) is 1.19. The van der Waals surface area contributed by atoms with Gasteiger partial charge in [0.2, 0.25) is 5.91 Å². The van der Waals surface area contributed by atoms with Crippen molar-refractivity contribution >= 4 is 41.0 Å². The number of nitrogens with zero attached hydrogens (tertiary/aromatic N) is 4. The first-order valence-corrected chi connectivity index (χ1v) is 10.1. The van der Waals surface area contributed by atoms with E-state index in [0.29, 0.717) is 11.3 Å². The third-order valence-corrected chi connectivity index (χ3v) is 5.28. The fourth-order valence-corrected chi connectivity index (χ4v) is 3.65. The number of methoxy groups -OCH3 is 2. The minimum Gasteiger partial charge on any atom is -0.465 e. The SMILES string of the molecule is COC(=O)c1ccc(NC(=O)CN2N=N[C@@H]3C(=O)N(c4cccc(C(=O)OC)c4)C(=O)[C@H]32)cc1. The zero-order valence-electron chi connectivity index (χ0n) is 18.1. The van der Waals surface area contributed by atoms with Crippen molar-refractivity contribution in [2.45, 2.75) is 12.1 Å². The first kappa shape index (κ1) is 22.6. The van der Waals surface area contributed by atoms with Gasteiger partial charge in [-0.3, -0.25) is 19.4 Å². The van der Waals surface area contributed by atoms with Crippen LogP contribution in [0.3, 0.4) is 0 Å². The summed E-state index contributed by atoms with van der Waals surface area (Å²) in [6.45, 7) is -0.335. The van der Waals surface area contributed by atoms with Crippen LogP contribution >= 0.6 is 0 Å². The number of ether oxygens (including phenoxy) is 2. The number of imide groups is 1. The standard InChI is InChI=1S/C22H19N5O7/c1-33-21(31)12-6-8-14(9-7-12)23-16(28)11-26-18-17(24-25-26)19(29)27(20(18)30)15-5-3-4-13(10-15)22(32)34-2/h3-10,17-18H,11H2,1-2H3,(H,23,28)/t17-,18-/m0/s1. The molecule has 1 N–H and O–H groups in total. The minimum absolute atomic E-state index is 0.175. The summed E-state index contributed by atoms with van der Waals surface area (Å²) >= 11 is 0. The Hall–Kier alpha value is -4.61. The number of rotatable bonds is 6. The molecule has 34 heavy (non-hydrogen) atoms. The minimum atomic E-state index is -1.10. The van der Waals surface area contributed by atoms with Gasteiger partial charge in [-0.2, -0.15) is 5.11 Å². The number of anilines is 2. The maximum Gasteiger partial charge on any atom is 0.337 e. The number of carbonyl (C=O) groups excluding carboxylic acids is 5. The van der Waals surface area contributed by atoms with Gasteiger partial charge in [0.1, 0.15) is 6.54 Å². The van der Waals surface area contributed by atoms with E-state index in [0.717, 1.165) is 9.91 Å². The van der Waals surface area contributed by atoms with Crippen molar-refractivity contribution in [2.24, 2.45) is 10.3 Å². The van der Waals surface area contributed by atoms with Gasteiger partial charge in [0.25, 0.3) is 11.8 Å². The molecule has 2 aromatic rings. The van der Waals surface area contributed by atoms with E-state index in [9.17, 15) is 24.0 Å². The molecule has 2 aromatic carbocycles. The van der Waals surface area contributed by atoms with E-state index in [1.807, 2.05) is 0 Å². The van der Waals surface area contributed by atoms with Gasteiger partial charge < -0.3 is 14.8 Å². The third-order valence-electron chi connectivity index (χ3n) is 5.28. The quantitative estimate of drug-likeness (QED) is 0.494. The van der Waals surface area contributed by atoms with Gasteiger partial charge >= 0.3 is 11.9 Å². The van der Waals surface area contributed by atoms with Gasteiger partial charge in [-0.25, -0.2) is 14.5 Å². The first-order valence-electron chi connectivity index (χ1n) is 10.1. The lowest BCUT2D eigenvalue weighted by atomic mass is 10.1. The van der Waals surface area contributed by atoms with Crippen LogP contribution in [0.1, 0.15) is 20.7 Å². The summed E-state index contributed by atoms with van der Waals surface area (Å²) in [5, 5.41) is 11.5. The van der Waals surface area contributed by atoms with Gasteiger partial charge in [-0.1, -0.05) is 11.3 Å². The molecule has 0 saturated carbocycles. The van der Waals surface area contributed by atoms with Crippen molar-refractivity contribution in [2.75, 3.05) is 31.0 Å². The summed E-state index contributed by atoms with van der Waals surface area (Å²) in [7, 11) is 2.49. The monoisotopic (exact) mass is 465 g/mol. The summed E-state index contributed by atoms with van der Waals surface area (Å²) in [5.74, 6) is -2.85. The van der Waals surface area contributed by atoms with Crippen LogP contribution in [0.4, 0.5) is 11.4 Å². The number of nitrogens with one attached hydrogen (secondary N) is 1. The molecule has 0 aromatic heterocycles. The van der Waals surface area contributed by atoms with Crippen LogP contribution in [0.5, 0.6) is 0 Å². The highest BCUT2D eigenvalue weighted by molar-refractivity contribution is 6.25. The highest BCUT2D eigenvalue weighted by Crippen LogP contribution is 2.32. The molecule has 12 nitrogen and oxygen atoms in total. The van der Waals surface area contributed by atoms with Crippen molar-refractivity contribution in [1.82, 2.24) is 5.01 Å². The highest BCUT2D eigenvalue weighted by atomic mass is 16.5. The Morgan fingerprint density at radius 1 is 0.941 bits per heavy atom. The van der Waals surface area contributed by atoms with E-state index < -0.39 is 41.7 Å². The Bertz CT molecular complexity index is 1210. The normalized spacial score (nSPS) is 18.6. The molecular weight excluding hydrogens is 446 g/mol. The Morgan fingerprint density at radius 2 is 1.62 bits per heavy atom. The van der Waals surface area contributed by atoms with Crippen LogP contribution in [-0.2, 0) is 23.9 Å². The Kier molecular flexibility index (Phi) is 6.04. The zero-order chi connectivity index (χ0) is 24.4. The van der Waals surface area contributed by atoms with E-state index in [-0.39, 0.29) is 17.8 Å². The molecule has 2 aliphatic rings. The van der Waals surface area contributed by atoms with E-state index >= 15 is 0 Å². The maximum atomic E-state index is 13.1. The average molecular weight is 465 g/mol. The van der Waals surface area contributed by atoms with E-state index in [2.05, 4.69) is 25.1 Å². The van der Waals surface area contributed by atoms with Crippen molar-refractivity contribution in [3.05, 3.63) is 59.7 Å². The van der Waals surface area contributed by atoms with Crippen molar-refractivity contribution in [3.63, 3.8) is 0 Å². The molecule has 2 heterocycles. The first-order chi connectivity index (χ1) is 16.3. The number of benzene rings is 2. The molecule has 3 amide bonds. The third kappa shape index (κ3) is 4.08. The van der Waals surface area contributed by atoms with Crippen molar-refractivity contribution in [1.29, 1.82) is 0 Å². The van der Waals surface area contributed by atoms with Crippen LogP contribution in [0.25, 0.3) is 0 Å². The fraction of sp³-hybridized carbons (Fsp3) is 0.227. The molecule has 0 unspecified atom stereocenters. The summed E-state index contributed by atoms with van der Waals surface area (Å²) in [6, 6.07) is 9.76. The number of hydrogen-bond donors (Lipinski definition) is 1. The zero-order valence-corrected chi connectivity index (χ0v) is 18.1. The number of fused-ring (bicyclic) bond motifs is 1. The van der Waals surface area contributed by atoms with Gasteiger partial charge in [-0.15, -0.1) is 0 Å². The predicted molar refractivity (Wildman–Crippen MR) is 116 cm³/mol. The van der Waals surface area contributed by atoms with Crippen LogP contribution in [-0.4, -0.2) is 67.5 Å².